The van der Waals surface area contributed by atoms with Crippen LogP contribution in [0.1, 0.15) is 21.5 Å². The van der Waals surface area contributed by atoms with E-state index in [4.69, 9.17) is 9.84 Å². The summed E-state index contributed by atoms with van der Waals surface area (Å²) in [6.45, 7) is 0.852. The van der Waals surface area contributed by atoms with Crippen LogP contribution >= 0.6 is 0 Å². The van der Waals surface area contributed by atoms with E-state index in [1.165, 1.54) is 25.3 Å². The number of halogens is 4. The zero-order valence-electron chi connectivity index (χ0n) is 17.2. The summed E-state index contributed by atoms with van der Waals surface area (Å²) < 4.78 is 60.1. The van der Waals surface area contributed by atoms with Gasteiger partial charge in [-0.2, -0.15) is 13.2 Å². The Hall–Kier alpha value is -3.86. The average Bonchev–Trinajstić information content (AvgIpc) is 2.73. The number of carbonyl (C=O) groups is 1. The highest BCUT2D eigenvalue weighted by atomic mass is 19.4. The van der Waals surface area contributed by atoms with Crippen molar-refractivity contribution in [3.63, 3.8) is 0 Å². The number of hydrogen-bond donors (Lipinski definition) is 4. The number of alkyl halides is 3. The molecule has 0 fully saturated rings. The first-order valence-electron chi connectivity index (χ1n) is 9.62. The molecule has 0 radical (unpaired) electrons. The molecule has 174 valence electrons. The van der Waals surface area contributed by atoms with Crippen LogP contribution in [0.25, 0.3) is 0 Å². The van der Waals surface area contributed by atoms with E-state index in [1.807, 2.05) is 0 Å². The van der Waals surface area contributed by atoms with Gasteiger partial charge in [-0.1, -0.05) is 0 Å². The molecule has 4 N–H and O–H groups in total. The topological polar surface area (TPSA) is 103 Å². The third kappa shape index (κ3) is 5.89. The molecule has 7 nitrogen and oxygen atoms in total. The molecule has 1 heterocycles. The minimum Gasteiger partial charge on any atom is -0.456 e. The molecule has 1 amide bonds. The molecule has 3 rings (SSSR count). The van der Waals surface area contributed by atoms with Crippen molar-refractivity contribution in [1.29, 1.82) is 0 Å². The number of anilines is 2. The SMILES string of the molecule is Cc1cc(F)ccc1Oc1cc(C(F)(F)F)c(NCCO)cc1C(=O)Nc1cc[nH]c(=O)c1. The van der Waals surface area contributed by atoms with Crippen molar-refractivity contribution < 1.29 is 32.2 Å². The molecular formula is C22H19F4N3O4. The second kappa shape index (κ2) is 9.74. The number of aromatic nitrogens is 1. The Morgan fingerprint density at radius 3 is 2.52 bits per heavy atom. The normalized spacial score (nSPS) is 11.2. The first-order chi connectivity index (χ1) is 15.6. The van der Waals surface area contributed by atoms with Crippen molar-refractivity contribution >= 4 is 17.3 Å². The van der Waals surface area contributed by atoms with Gasteiger partial charge >= 0.3 is 6.18 Å². The molecule has 33 heavy (non-hydrogen) atoms. The van der Waals surface area contributed by atoms with Crippen molar-refractivity contribution in [3.8, 4) is 11.5 Å². The van der Waals surface area contributed by atoms with E-state index in [2.05, 4.69) is 15.6 Å². The lowest BCUT2D eigenvalue weighted by Crippen LogP contribution is -2.18. The van der Waals surface area contributed by atoms with E-state index < -0.39 is 47.1 Å². The molecule has 11 heteroatoms. The molecule has 0 saturated carbocycles. The van der Waals surface area contributed by atoms with E-state index in [1.54, 1.807) is 0 Å². The molecule has 0 aliphatic heterocycles. The second-order valence-electron chi connectivity index (χ2n) is 6.95. The summed E-state index contributed by atoms with van der Waals surface area (Å²) in [4.78, 5) is 26.8. The van der Waals surface area contributed by atoms with Crippen molar-refractivity contribution in [2.24, 2.45) is 0 Å². The van der Waals surface area contributed by atoms with Crippen LogP contribution in [0.3, 0.4) is 0 Å². The van der Waals surface area contributed by atoms with Crippen LogP contribution in [0.2, 0.25) is 0 Å². The third-order valence-corrected chi connectivity index (χ3v) is 4.49. The second-order valence-corrected chi connectivity index (χ2v) is 6.95. The Labute approximate surface area is 185 Å². The van der Waals surface area contributed by atoms with Crippen LogP contribution in [0.4, 0.5) is 28.9 Å². The number of aromatic amines is 1. The largest absolute Gasteiger partial charge is 0.456 e. The summed E-state index contributed by atoms with van der Waals surface area (Å²) in [5.41, 5.74) is -1.95. The van der Waals surface area contributed by atoms with Gasteiger partial charge in [0, 0.05) is 30.2 Å². The van der Waals surface area contributed by atoms with Gasteiger partial charge in [0.25, 0.3) is 5.91 Å². The minimum absolute atomic E-state index is 0.0470. The molecule has 1 aromatic heterocycles. The standard InChI is InChI=1S/C22H19F4N3O4/c1-12-8-13(23)2-3-18(12)33-19-11-16(22(24,25)26)17(27-6-7-30)10-15(19)21(32)29-14-4-5-28-20(31)9-14/h2-5,8-11,27,30H,6-7H2,1H3,(H2,28,29,31,32). The Kier molecular flexibility index (Phi) is 7.02. The van der Waals surface area contributed by atoms with Gasteiger partial charge in [0.1, 0.15) is 17.3 Å². The van der Waals surface area contributed by atoms with Crippen molar-refractivity contribution in [3.05, 3.63) is 81.5 Å². The van der Waals surface area contributed by atoms with Crippen molar-refractivity contribution in [1.82, 2.24) is 4.98 Å². The Morgan fingerprint density at radius 1 is 1.12 bits per heavy atom. The number of nitrogens with one attached hydrogen (secondary N) is 3. The summed E-state index contributed by atoms with van der Waals surface area (Å²) in [6.07, 6.45) is -3.52. The van der Waals surface area contributed by atoms with Crippen molar-refractivity contribution in [2.45, 2.75) is 13.1 Å². The highest BCUT2D eigenvalue weighted by molar-refractivity contribution is 6.07. The predicted molar refractivity (Wildman–Crippen MR) is 113 cm³/mol. The monoisotopic (exact) mass is 465 g/mol. The van der Waals surface area contributed by atoms with Gasteiger partial charge in [-0.25, -0.2) is 4.39 Å². The Morgan fingerprint density at radius 2 is 1.88 bits per heavy atom. The van der Waals surface area contributed by atoms with Crippen LogP contribution in [-0.4, -0.2) is 29.1 Å². The Bertz CT molecular complexity index is 1220. The average molecular weight is 465 g/mol. The Balaban J connectivity index is 2.12. The maximum absolute atomic E-state index is 13.7. The molecule has 0 aliphatic rings. The first-order valence-corrected chi connectivity index (χ1v) is 9.62. The van der Waals surface area contributed by atoms with Gasteiger partial charge in [-0.3, -0.25) is 9.59 Å². The summed E-state index contributed by atoms with van der Waals surface area (Å²) >= 11 is 0. The van der Waals surface area contributed by atoms with Crippen LogP contribution in [-0.2, 0) is 6.18 Å². The number of rotatable bonds is 7. The number of hydrogen-bond acceptors (Lipinski definition) is 5. The zero-order chi connectivity index (χ0) is 24.2. The maximum Gasteiger partial charge on any atom is 0.418 e. The number of H-pyrrole nitrogens is 1. The number of carbonyl (C=O) groups excluding carboxylic acids is 1. The molecular weight excluding hydrogens is 446 g/mol. The van der Waals surface area contributed by atoms with Crippen molar-refractivity contribution in [2.75, 3.05) is 23.8 Å². The van der Waals surface area contributed by atoms with E-state index in [0.29, 0.717) is 11.6 Å². The van der Waals surface area contributed by atoms with Crippen LogP contribution in [0.5, 0.6) is 11.5 Å². The first kappa shape index (κ1) is 23.8. The van der Waals surface area contributed by atoms with Crippen LogP contribution in [0.15, 0.2) is 53.5 Å². The van der Waals surface area contributed by atoms with E-state index >= 15 is 0 Å². The number of aliphatic hydroxyl groups excluding tert-OH is 1. The number of ether oxygens (including phenoxy) is 1. The highest BCUT2D eigenvalue weighted by Gasteiger charge is 2.35. The highest BCUT2D eigenvalue weighted by Crippen LogP contribution is 2.40. The number of amides is 1. The zero-order valence-corrected chi connectivity index (χ0v) is 17.2. The van der Waals surface area contributed by atoms with Gasteiger partial charge in [0.05, 0.1) is 17.7 Å². The van der Waals surface area contributed by atoms with Gasteiger partial charge in [0.15, 0.2) is 0 Å². The third-order valence-electron chi connectivity index (χ3n) is 4.49. The quantitative estimate of drug-likeness (QED) is 0.390. The molecule has 0 saturated heterocycles. The summed E-state index contributed by atoms with van der Waals surface area (Å²) in [7, 11) is 0. The number of aliphatic hydroxyl groups is 1. The summed E-state index contributed by atoms with van der Waals surface area (Å²) in [5.74, 6) is -1.80. The number of benzene rings is 2. The lowest BCUT2D eigenvalue weighted by atomic mass is 10.1. The van der Waals surface area contributed by atoms with Gasteiger partial charge in [0.2, 0.25) is 5.56 Å². The smallest absolute Gasteiger partial charge is 0.418 e. The summed E-state index contributed by atoms with van der Waals surface area (Å²) in [5, 5.41) is 13.9. The molecule has 0 bridgehead atoms. The number of aryl methyl sites for hydroxylation is 1. The fourth-order valence-electron chi connectivity index (χ4n) is 2.98. The lowest BCUT2D eigenvalue weighted by Gasteiger charge is -2.19. The van der Waals surface area contributed by atoms with Crippen LogP contribution < -0.4 is 20.9 Å². The van der Waals surface area contributed by atoms with Gasteiger partial charge in [-0.05, 0) is 48.9 Å². The summed E-state index contributed by atoms with van der Waals surface area (Å²) in [6, 6.07) is 7.50. The van der Waals surface area contributed by atoms with Crippen LogP contribution in [0, 0.1) is 12.7 Å². The fourth-order valence-corrected chi connectivity index (χ4v) is 2.98. The molecule has 0 spiro atoms. The van der Waals surface area contributed by atoms with Gasteiger partial charge in [-0.15, -0.1) is 0 Å². The number of pyridine rings is 1. The minimum atomic E-state index is -4.81. The van der Waals surface area contributed by atoms with Gasteiger partial charge < -0.3 is 25.5 Å². The predicted octanol–water partition coefficient (Wildman–Crippen LogP) is 4.29. The lowest BCUT2D eigenvalue weighted by molar-refractivity contribution is -0.137. The van der Waals surface area contributed by atoms with E-state index in [0.717, 1.165) is 24.3 Å². The molecule has 0 unspecified atom stereocenters. The fraction of sp³-hybridized carbons (Fsp3) is 0.182. The molecule has 3 aromatic rings. The molecule has 0 aliphatic carbocycles. The molecule has 0 atom stereocenters. The molecule has 2 aromatic carbocycles. The van der Waals surface area contributed by atoms with E-state index in [-0.39, 0.29) is 23.5 Å². The van der Waals surface area contributed by atoms with E-state index in [9.17, 15) is 27.2 Å². The maximum atomic E-state index is 13.7.